The molecule has 0 spiro atoms. The van der Waals surface area contributed by atoms with Crippen LogP contribution in [0.2, 0.25) is 5.02 Å². The zero-order chi connectivity index (χ0) is 21.1. The zero-order valence-corrected chi connectivity index (χ0v) is 17.9. The fraction of sp³-hybridized carbons (Fsp3) is 0.273. The summed E-state index contributed by atoms with van der Waals surface area (Å²) in [6.07, 6.45) is 1.58. The lowest BCUT2D eigenvalue weighted by Crippen LogP contribution is -2.16. The number of hydrogen-bond acceptors (Lipinski definition) is 4. The number of amides is 1. The molecule has 0 aliphatic heterocycles. The molecule has 0 bridgehead atoms. The Morgan fingerprint density at radius 2 is 1.83 bits per heavy atom. The van der Waals surface area contributed by atoms with E-state index >= 15 is 0 Å². The molecule has 3 aromatic rings. The first-order chi connectivity index (χ1) is 13.8. The maximum absolute atomic E-state index is 13.1. The Hall–Kier alpha value is -2.99. The second-order valence-electron chi connectivity index (χ2n) is 6.97. The second kappa shape index (κ2) is 8.57. The minimum Gasteiger partial charge on any atom is -0.493 e. The number of aryl methyl sites for hydroxylation is 1. The van der Waals surface area contributed by atoms with Gasteiger partial charge in [0.15, 0.2) is 11.5 Å². The van der Waals surface area contributed by atoms with Gasteiger partial charge in [-0.05, 0) is 42.7 Å². The summed E-state index contributed by atoms with van der Waals surface area (Å²) in [4.78, 5) is 13.1. The first kappa shape index (κ1) is 20.7. The van der Waals surface area contributed by atoms with E-state index in [1.807, 2.05) is 45.0 Å². The summed E-state index contributed by atoms with van der Waals surface area (Å²) in [6, 6.07) is 11.0. The number of halogens is 1. The van der Waals surface area contributed by atoms with Gasteiger partial charge in [-0.1, -0.05) is 31.5 Å². The van der Waals surface area contributed by atoms with Gasteiger partial charge in [-0.2, -0.15) is 5.10 Å². The summed E-state index contributed by atoms with van der Waals surface area (Å²) in [5.41, 5.74) is 3.64. The Balaban J connectivity index is 1.98. The van der Waals surface area contributed by atoms with Crippen LogP contribution in [0.15, 0.2) is 42.6 Å². The van der Waals surface area contributed by atoms with Crippen LogP contribution < -0.4 is 14.8 Å². The lowest BCUT2D eigenvalue weighted by molar-refractivity contribution is 0.102. The number of benzene rings is 2. The molecule has 0 fully saturated rings. The van der Waals surface area contributed by atoms with E-state index in [1.54, 1.807) is 37.2 Å². The number of nitrogens with one attached hydrogen (secondary N) is 1. The average Bonchev–Trinajstić information content (AvgIpc) is 3.14. The molecule has 29 heavy (non-hydrogen) atoms. The van der Waals surface area contributed by atoms with E-state index in [-0.39, 0.29) is 11.8 Å². The molecule has 1 N–H and O–H groups in total. The first-order valence-electron chi connectivity index (χ1n) is 9.23. The summed E-state index contributed by atoms with van der Waals surface area (Å²) < 4.78 is 12.4. The van der Waals surface area contributed by atoms with Gasteiger partial charge < -0.3 is 14.8 Å². The van der Waals surface area contributed by atoms with E-state index in [1.165, 1.54) is 0 Å². The third kappa shape index (κ3) is 4.22. The molecule has 0 aliphatic carbocycles. The van der Waals surface area contributed by atoms with Crippen LogP contribution in [-0.2, 0) is 0 Å². The normalized spacial score (nSPS) is 10.9. The summed E-state index contributed by atoms with van der Waals surface area (Å²) >= 11 is 6.13. The van der Waals surface area contributed by atoms with Crippen LogP contribution in [0.5, 0.6) is 11.5 Å². The van der Waals surface area contributed by atoms with Crippen molar-refractivity contribution in [3.05, 3.63) is 64.4 Å². The molecular formula is C22H24ClN3O3. The predicted molar refractivity (Wildman–Crippen MR) is 115 cm³/mol. The molecule has 0 aliphatic rings. The molecule has 6 nitrogen and oxygen atoms in total. The lowest BCUT2D eigenvalue weighted by atomic mass is 10.0. The maximum Gasteiger partial charge on any atom is 0.259 e. The fourth-order valence-electron chi connectivity index (χ4n) is 3.21. The average molecular weight is 414 g/mol. The van der Waals surface area contributed by atoms with Gasteiger partial charge >= 0.3 is 0 Å². The van der Waals surface area contributed by atoms with Crippen LogP contribution in [-0.4, -0.2) is 29.9 Å². The Morgan fingerprint density at radius 3 is 2.45 bits per heavy atom. The van der Waals surface area contributed by atoms with Gasteiger partial charge in [0, 0.05) is 16.8 Å². The topological polar surface area (TPSA) is 65.4 Å². The van der Waals surface area contributed by atoms with Crippen LogP contribution >= 0.6 is 11.6 Å². The van der Waals surface area contributed by atoms with Crippen molar-refractivity contribution >= 4 is 23.2 Å². The molecule has 1 heterocycles. The number of ether oxygens (including phenoxy) is 2. The van der Waals surface area contributed by atoms with E-state index in [0.717, 1.165) is 16.9 Å². The minimum absolute atomic E-state index is 0.0729. The molecule has 1 amide bonds. The molecule has 2 aromatic carbocycles. The number of nitrogens with zero attached hydrogens (tertiary/aromatic N) is 2. The van der Waals surface area contributed by atoms with Crippen LogP contribution in [0, 0.1) is 6.92 Å². The maximum atomic E-state index is 13.1. The summed E-state index contributed by atoms with van der Waals surface area (Å²) in [6.45, 7) is 5.95. The number of anilines is 1. The highest BCUT2D eigenvalue weighted by Gasteiger charge is 2.22. The molecule has 0 atom stereocenters. The first-order valence-corrected chi connectivity index (χ1v) is 9.61. The van der Waals surface area contributed by atoms with Gasteiger partial charge in [0.25, 0.3) is 5.91 Å². The van der Waals surface area contributed by atoms with Gasteiger partial charge in [0.05, 0.1) is 37.4 Å². The van der Waals surface area contributed by atoms with E-state index in [9.17, 15) is 4.79 Å². The molecule has 0 unspecified atom stereocenters. The highest BCUT2D eigenvalue weighted by Crippen LogP contribution is 2.33. The largest absolute Gasteiger partial charge is 0.493 e. The fourth-order valence-corrected chi connectivity index (χ4v) is 3.39. The Morgan fingerprint density at radius 1 is 1.14 bits per heavy atom. The standard InChI is InChI=1S/C22H24ClN3O3/c1-13(2)21-17(12-24-26(21)16-8-6-7-15(23)10-16)22(27)25-18-11-20(29-5)19(28-4)9-14(18)3/h6-13H,1-5H3,(H,25,27). The number of methoxy groups -OCH3 is 2. The zero-order valence-electron chi connectivity index (χ0n) is 17.1. The van der Waals surface area contributed by atoms with Gasteiger partial charge in [0.2, 0.25) is 0 Å². The molecule has 7 heteroatoms. The van der Waals surface area contributed by atoms with E-state index in [0.29, 0.717) is 27.8 Å². The molecular weight excluding hydrogens is 390 g/mol. The van der Waals surface area contributed by atoms with Gasteiger partial charge in [-0.25, -0.2) is 4.68 Å². The highest BCUT2D eigenvalue weighted by atomic mass is 35.5. The number of hydrogen-bond donors (Lipinski definition) is 1. The van der Waals surface area contributed by atoms with Gasteiger partial charge in [-0.15, -0.1) is 0 Å². The predicted octanol–water partition coefficient (Wildman–Crippen LogP) is 5.23. The van der Waals surface area contributed by atoms with Crippen molar-refractivity contribution in [2.24, 2.45) is 0 Å². The highest BCUT2D eigenvalue weighted by molar-refractivity contribution is 6.30. The number of carbonyl (C=O) groups is 1. The Labute approximate surface area is 175 Å². The summed E-state index contributed by atoms with van der Waals surface area (Å²) in [5, 5.41) is 8.03. The smallest absolute Gasteiger partial charge is 0.259 e. The quantitative estimate of drug-likeness (QED) is 0.601. The third-order valence-corrected chi connectivity index (χ3v) is 4.86. The van der Waals surface area contributed by atoms with Crippen molar-refractivity contribution in [2.45, 2.75) is 26.7 Å². The van der Waals surface area contributed by atoms with Crippen LogP contribution in [0.1, 0.15) is 41.4 Å². The molecule has 0 radical (unpaired) electrons. The molecule has 3 rings (SSSR count). The Kier molecular flexibility index (Phi) is 6.13. The number of aromatic nitrogens is 2. The van der Waals surface area contributed by atoms with E-state index in [2.05, 4.69) is 10.4 Å². The third-order valence-electron chi connectivity index (χ3n) is 4.63. The van der Waals surface area contributed by atoms with Crippen molar-refractivity contribution < 1.29 is 14.3 Å². The van der Waals surface area contributed by atoms with Crippen molar-refractivity contribution in [3.8, 4) is 17.2 Å². The Bertz CT molecular complexity index is 1040. The van der Waals surface area contributed by atoms with Crippen molar-refractivity contribution in [1.29, 1.82) is 0 Å². The van der Waals surface area contributed by atoms with Crippen LogP contribution in [0.4, 0.5) is 5.69 Å². The number of carbonyl (C=O) groups excluding carboxylic acids is 1. The molecule has 152 valence electrons. The van der Waals surface area contributed by atoms with Crippen molar-refractivity contribution in [3.63, 3.8) is 0 Å². The van der Waals surface area contributed by atoms with Crippen LogP contribution in [0.25, 0.3) is 5.69 Å². The van der Waals surface area contributed by atoms with Gasteiger partial charge in [0.1, 0.15) is 0 Å². The molecule has 0 saturated heterocycles. The van der Waals surface area contributed by atoms with E-state index in [4.69, 9.17) is 21.1 Å². The minimum atomic E-state index is -0.239. The van der Waals surface area contributed by atoms with E-state index < -0.39 is 0 Å². The van der Waals surface area contributed by atoms with Crippen LogP contribution in [0.3, 0.4) is 0 Å². The monoisotopic (exact) mass is 413 g/mol. The number of rotatable bonds is 6. The molecule has 0 saturated carbocycles. The SMILES string of the molecule is COc1cc(C)c(NC(=O)c2cnn(-c3cccc(Cl)c3)c2C(C)C)cc1OC. The lowest BCUT2D eigenvalue weighted by Gasteiger charge is -2.15. The van der Waals surface area contributed by atoms with Crippen molar-refractivity contribution in [2.75, 3.05) is 19.5 Å². The summed E-state index contributed by atoms with van der Waals surface area (Å²) in [5.74, 6) is 0.993. The summed E-state index contributed by atoms with van der Waals surface area (Å²) in [7, 11) is 3.14. The second-order valence-corrected chi connectivity index (χ2v) is 7.40. The molecule has 1 aromatic heterocycles. The van der Waals surface area contributed by atoms with Gasteiger partial charge in [-0.3, -0.25) is 4.79 Å². The van der Waals surface area contributed by atoms with Crippen molar-refractivity contribution in [1.82, 2.24) is 9.78 Å².